The van der Waals surface area contributed by atoms with Gasteiger partial charge in [-0.15, -0.1) is 0 Å². The normalized spacial score (nSPS) is 5.33. The van der Waals surface area contributed by atoms with E-state index in [2.05, 4.69) is 0 Å². The van der Waals surface area contributed by atoms with Gasteiger partial charge in [-0.1, -0.05) is 28.7 Å². The van der Waals surface area contributed by atoms with E-state index in [-0.39, 0.29) is 14.9 Å². The van der Waals surface area contributed by atoms with Crippen LogP contribution in [0.2, 0.25) is 0 Å². The molecule has 0 radical (unpaired) electrons. The molecule has 0 saturated carbocycles. The van der Waals surface area contributed by atoms with Crippen LogP contribution in [0.4, 0.5) is 0 Å². The Hall–Kier alpha value is -0.0400. The third-order valence-corrected chi connectivity index (χ3v) is 0.408. The van der Waals surface area contributed by atoms with E-state index in [0.29, 0.717) is 0 Å². The van der Waals surface area contributed by atoms with Crippen LogP contribution in [0, 0.1) is 0 Å². The number of hydrogen-bond acceptors (Lipinski definition) is 1. The van der Waals surface area contributed by atoms with E-state index in [1.165, 1.54) is 0 Å². The molecule has 62 valence electrons. The van der Waals surface area contributed by atoms with Gasteiger partial charge < -0.3 is 4.74 Å². The molecule has 0 aromatic rings. The maximum Gasteiger partial charge on any atom is 0.0437 e. The van der Waals surface area contributed by atoms with Crippen LogP contribution in [0.1, 0.15) is 42.5 Å². The van der Waals surface area contributed by atoms with E-state index in [9.17, 15) is 0 Å². The molecule has 0 aliphatic rings. The lowest BCUT2D eigenvalue weighted by Crippen LogP contribution is -1.84. The van der Waals surface area contributed by atoms with Gasteiger partial charge in [-0.05, 0) is 13.8 Å². The zero-order valence-corrected chi connectivity index (χ0v) is 5.82. The standard InChI is InChI=1S/C4H10O.C2H6.2CH4/c1-3-5-4-2;1-2;;/h3-4H2,1-2H3;1-2H3;2*1H4. The molecule has 0 spiro atoms. The molecule has 9 heavy (non-hydrogen) atoms. The summed E-state index contributed by atoms with van der Waals surface area (Å²) in [6.45, 7) is 9.67. The first-order chi connectivity index (χ1) is 3.41. The Labute approximate surface area is 61.4 Å². The largest absolute Gasteiger partial charge is 0.382 e. The van der Waals surface area contributed by atoms with Gasteiger partial charge in [0.25, 0.3) is 0 Å². The summed E-state index contributed by atoms with van der Waals surface area (Å²) >= 11 is 0. The van der Waals surface area contributed by atoms with Crippen molar-refractivity contribution in [3.05, 3.63) is 0 Å². The summed E-state index contributed by atoms with van der Waals surface area (Å²) < 4.78 is 4.83. The first kappa shape index (κ1) is 23.1. The van der Waals surface area contributed by atoms with Gasteiger partial charge in [-0.3, -0.25) is 0 Å². The van der Waals surface area contributed by atoms with Gasteiger partial charge in [0.05, 0.1) is 0 Å². The van der Waals surface area contributed by atoms with E-state index in [4.69, 9.17) is 4.74 Å². The molecular formula is C8H24O. The average molecular weight is 136 g/mol. The summed E-state index contributed by atoms with van der Waals surface area (Å²) in [5.74, 6) is 0. The van der Waals surface area contributed by atoms with Gasteiger partial charge in [-0.25, -0.2) is 0 Å². The van der Waals surface area contributed by atoms with E-state index in [1.807, 2.05) is 27.7 Å². The second-order valence-electron chi connectivity index (χ2n) is 0.781. The lowest BCUT2D eigenvalue weighted by Gasteiger charge is -1.86. The predicted molar refractivity (Wildman–Crippen MR) is 47.0 cm³/mol. The number of rotatable bonds is 2. The Morgan fingerprint density at radius 2 is 1.11 bits per heavy atom. The Bertz CT molecular complexity index is 12.0. The Balaban J connectivity index is -0.0000000286. The summed E-state index contributed by atoms with van der Waals surface area (Å²) in [5, 5.41) is 0. The quantitative estimate of drug-likeness (QED) is 0.565. The van der Waals surface area contributed by atoms with Crippen molar-refractivity contribution >= 4 is 0 Å². The van der Waals surface area contributed by atoms with Crippen molar-refractivity contribution in [2.24, 2.45) is 0 Å². The fourth-order valence-electron chi connectivity index (χ4n) is 0.204. The molecule has 0 bridgehead atoms. The molecule has 1 heteroatoms. The molecule has 0 aromatic carbocycles. The molecular weight excluding hydrogens is 112 g/mol. The van der Waals surface area contributed by atoms with Crippen molar-refractivity contribution in [1.29, 1.82) is 0 Å². The summed E-state index contributed by atoms with van der Waals surface area (Å²) in [5.41, 5.74) is 0. The molecule has 0 atom stereocenters. The summed E-state index contributed by atoms with van der Waals surface area (Å²) in [4.78, 5) is 0. The highest BCUT2D eigenvalue weighted by molar-refractivity contribution is 4.07. The van der Waals surface area contributed by atoms with Gasteiger partial charge in [-0.2, -0.15) is 0 Å². The van der Waals surface area contributed by atoms with Gasteiger partial charge >= 0.3 is 0 Å². The highest BCUT2D eigenvalue weighted by atomic mass is 16.5. The molecule has 0 rings (SSSR count). The minimum Gasteiger partial charge on any atom is -0.382 e. The zero-order valence-electron chi connectivity index (χ0n) is 5.82. The molecule has 0 heterocycles. The first-order valence-electron chi connectivity index (χ1n) is 2.99. The minimum absolute atomic E-state index is 0. The van der Waals surface area contributed by atoms with Crippen LogP contribution in [0.25, 0.3) is 0 Å². The third kappa shape index (κ3) is 73.6. The van der Waals surface area contributed by atoms with Gasteiger partial charge in [0.15, 0.2) is 0 Å². The molecule has 0 fully saturated rings. The van der Waals surface area contributed by atoms with Crippen molar-refractivity contribution in [1.82, 2.24) is 0 Å². The van der Waals surface area contributed by atoms with Crippen molar-refractivity contribution in [2.45, 2.75) is 42.5 Å². The molecule has 0 saturated heterocycles. The molecule has 0 aliphatic carbocycles. The molecule has 0 aliphatic heterocycles. The molecule has 1 nitrogen and oxygen atoms in total. The Morgan fingerprint density at radius 3 is 1.11 bits per heavy atom. The van der Waals surface area contributed by atoms with Crippen LogP contribution in [0.3, 0.4) is 0 Å². The highest BCUT2D eigenvalue weighted by Gasteiger charge is 1.64. The average Bonchev–Trinajstić information content (AvgIpc) is 1.75. The maximum absolute atomic E-state index is 4.83. The minimum atomic E-state index is 0. The summed E-state index contributed by atoms with van der Waals surface area (Å²) in [7, 11) is 0. The first-order valence-corrected chi connectivity index (χ1v) is 2.99. The maximum atomic E-state index is 4.83. The van der Waals surface area contributed by atoms with Crippen molar-refractivity contribution in [3.8, 4) is 0 Å². The van der Waals surface area contributed by atoms with Gasteiger partial charge in [0.2, 0.25) is 0 Å². The van der Waals surface area contributed by atoms with Crippen LogP contribution in [0.5, 0.6) is 0 Å². The van der Waals surface area contributed by atoms with Crippen LogP contribution < -0.4 is 0 Å². The Kier molecular flexibility index (Phi) is 113. The number of hydrogen-bond donors (Lipinski definition) is 0. The summed E-state index contributed by atoms with van der Waals surface area (Å²) in [6.07, 6.45) is 0. The fraction of sp³-hybridized carbons (Fsp3) is 1.00. The van der Waals surface area contributed by atoms with Crippen molar-refractivity contribution in [3.63, 3.8) is 0 Å². The van der Waals surface area contributed by atoms with E-state index in [1.54, 1.807) is 0 Å². The van der Waals surface area contributed by atoms with Crippen molar-refractivity contribution in [2.75, 3.05) is 13.2 Å². The van der Waals surface area contributed by atoms with Crippen LogP contribution in [-0.4, -0.2) is 13.2 Å². The highest BCUT2D eigenvalue weighted by Crippen LogP contribution is 1.64. The zero-order chi connectivity index (χ0) is 6.12. The molecule has 0 unspecified atom stereocenters. The second-order valence-corrected chi connectivity index (χ2v) is 0.781. The topological polar surface area (TPSA) is 9.23 Å². The third-order valence-electron chi connectivity index (χ3n) is 0.408. The second kappa shape index (κ2) is 44.0. The lowest BCUT2D eigenvalue weighted by atomic mass is 10.8. The Morgan fingerprint density at radius 1 is 0.889 bits per heavy atom. The van der Waals surface area contributed by atoms with Gasteiger partial charge in [0, 0.05) is 13.2 Å². The van der Waals surface area contributed by atoms with Crippen LogP contribution in [0.15, 0.2) is 0 Å². The van der Waals surface area contributed by atoms with Crippen LogP contribution >= 0.6 is 0 Å². The van der Waals surface area contributed by atoms with Gasteiger partial charge in [0.1, 0.15) is 0 Å². The SMILES string of the molecule is C.C.CC.CCOCC. The number of ether oxygens (including phenoxy) is 1. The lowest BCUT2D eigenvalue weighted by molar-refractivity contribution is 0.162. The van der Waals surface area contributed by atoms with E-state index >= 15 is 0 Å². The fourth-order valence-corrected chi connectivity index (χ4v) is 0.204. The molecule has 0 amide bonds. The van der Waals surface area contributed by atoms with E-state index in [0.717, 1.165) is 13.2 Å². The monoisotopic (exact) mass is 136 g/mol. The molecule has 0 N–H and O–H groups in total. The van der Waals surface area contributed by atoms with E-state index < -0.39 is 0 Å². The summed E-state index contributed by atoms with van der Waals surface area (Å²) in [6, 6.07) is 0. The van der Waals surface area contributed by atoms with Crippen LogP contribution in [-0.2, 0) is 4.74 Å². The predicted octanol–water partition coefficient (Wildman–Crippen LogP) is 3.34. The van der Waals surface area contributed by atoms with Crippen molar-refractivity contribution < 1.29 is 4.74 Å². The molecule has 0 aromatic heterocycles. The smallest absolute Gasteiger partial charge is 0.0437 e.